The smallest absolute Gasteiger partial charge is 0.475 e. The van der Waals surface area contributed by atoms with Gasteiger partial charge in [0, 0.05) is 60.3 Å². The van der Waals surface area contributed by atoms with Crippen LogP contribution in [0, 0.1) is 11.6 Å². The number of pyridine rings is 1. The summed E-state index contributed by atoms with van der Waals surface area (Å²) < 4.78 is 66.4. The minimum atomic E-state index is -5.08. The van der Waals surface area contributed by atoms with Crippen LogP contribution >= 0.6 is 0 Å². The third-order valence-electron chi connectivity index (χ3n) is 6.18. The lowest BCUT2D eigenvalue weighted by atomic mass is 10.1. The van der Waals surface area contributed by atoms with E-state index in [9.17, 15) is 31.5 Å². The van der Waals surface area contributed by atoms with Crippen molar-refractivity contribution < 1.29 is 46.2 Å². The van der Waals surface area contributed by atoms with Crippen LogP contribution < -0.4 is 5.32 Å². The highest BCUT2D eigenvalue weighted by Crippen LogP contribution is 2.25. The Bertz CT molecular complexity index is 1470. The maximum Gasteiger partial charge on any atom is 0.490 e. The molecule has 1 fully saturated rings. The van der Waals surface area contributed by atoms with Gasteiger partial charge in [0.05, 0.1) is 24.5 Å². The van der Waals surface area contributed by atoms with Crippen LogP contribution in [-0.4, -0.2) is 76.8 Å². The van der Waals surface area contributed by atoms with Crippen LogP contribution in [0.4, 0.5) is 22.0 Å². The molecule has 2 amide bonds. The number of amides is 2. The molecule has 3 N–H and O–H groups in total. The van der Waals surface area contributed by atoms with Crippen molar-refractivity contribution in [3.8, 4) is 11.3 Å². The molecule has 14 heteroatoms. The van der Waals surface area contributed by atoms with Crippen LogP contribution in [0.25, 0.3) is 23.4 Å². The van der Waals surface area contributed by atoms with Crippen LogP contribution in [-0.2, 0) is 16.0 Å². The van der Waals surface area contributed by atoms with Gasteiger partial charge in [0.15, 0.2) is 0 Å². The SMILES string of the molecule is O=C(O)C(F)(F)F.O=C1NCCc2[nH]c(-c3ccnc(C=Cc4c(F)cc(C(=O)N5CCOCC5)cc4F)c3)cc21. The predicted molar refractivity (Wildman–Crippen MR) is 136 cm³/mol. The Balaban J connectivity index is 0.000000493. The standard InChI is InChI=1S/C25H22F2N4O3.C2HF3O2/c26-20-12-16(25(33)31-7-9-34-10-8-31)13-21(27)18(20)2-1-17-11-15(3-5-28-17)23-14-19-22(30-23)4-6-29-24(19)32;3-2(4,5)1(6)7/h1-3,5,11-14,30H,4,6-10H2,(H,29,32);(H,6,7). The van der Waals surface area contributed by atoms with Crippen LogP contribution in [0.3, 0.4) is 0 Å². The highest BCUT2D eigenvalue weighted by molar-refractivity contribution is 5.98. The van der Waals surface area contributed by atoms with E-state index in [1.807, 2.05) is 0 Å². The zero-order valence-electron chi connectivity index (χ0n) is 21.2. The second-order valence-electron chi connectivity index (χ2n) is 8.94. The summed E-state index contributed by atoms with van der Waals surface area (Å²) in [6.45, 7) is 2.17. The summed E-state index contributed by atoms with van der Waals surface area (Å²) in [5.74, 6) is -4.95. The minimum absolute atomic E-state index is 0.0334. The number of morpholine rings is 1. The van der Waals surface area contributed by atoms with E-state index < -0.39 is 29.7 Å². The van der Waals surface area contributed by atoms with E-state index in [1.165, 1.54) is 17.1 Å². The summed E-state index contributed by atoms with van der Waals surface area (Å²) in [6, 6.07) is 7.45. The van der Waals surface area contributed by atoms with Crippen molar-refractivity contribution >= 4 is 29.9 Å². The number of aliphatic carboxylic acids is 1. The van der Waals surface area contributed by atoms with Gasteiger partial charge in [-0.2, -0.15) is 13.2 Å². The number of H-pyrrole nitrogens is 1. The molecule has 5 rings (SSSR count). The minimum Gasteiger partial charge on any atom is -0.475 e. The molecule has 0 radical (unpaired) electrons. The third kappa shape index (κ3) is 7.14. The molecule has 1 aromatic carbocycles. The first-order valence-corrected chi connectivity index (χ1v) is 12.2. The topological polar surface area (TPSA) is 125 Å². The number of carbonyl (C=O) groups excluding carboxylic acids is 2. The Labute approximate surface area is 229 Å². The summed E-state index contributed by atoms with van der Waals surface area (Å²) in [7, 11) is 0. The molecule has 2 aromatic heterocycles. The van der Waals surface area contributed by atoms with Crippen LogP contribution in [0.5, 0.6) is 0 Å². The highest BCUT2D eigenvalue weighted by Gasteiger charge is 2.38. The maximum absolute atomic E-state index is 14.7. The van der Waals surface area contributed by atoms with Crippen molar-refractivity contribution in [1.29, 1.82) is 0 Å². The van der Waals surface area contributed by atoms with Gasteiger partial charge in [0.1, 0.15) is 11.6 Å². The Morgan fingerprint density at radius 2 is 1.71 bits per heavy atom. The van der Waals surface area contributed by atoms with Crippen molar-refractivity contribution in [3.05, 3.63) is 76.2 Å². The second kappa shape index (κ2) is 12.3. The molecule has 0 saturated carbocycles. The molecule has 0 atom stereocenters. The van der Waals surface area contributed by atoms with E-state index >= 15 is 0 Å². The fourth-order valence-electron chi connectivity index (χ4n) is 4.14. The fourth-order valence-corrected chi connectivity index (χ4v) is 4.14. The number of ether oxygens (including phenoxy) is 1. The van der Waals surface area contributed by atoms with E-state index in [2.05, 4.69) is 15.3 Å². The first kappa shape index (κ1) is 29.4. The number of fused-ring (bicyclic) bond motifs is 1. The fraction of sp³-hybridized carbons (Fsp3) is 0.259. The first-order chi connectivity index (χ1) is 19.4. The van der Waals surface area contributed by atoms with Crippen molar-refractivity contribution in [2.24, 2.45) is 0 Å². The van der Waals surface area contributed by atoms with Gasteiger partial charge < -0.3 is 25.0 Å². The Morgan fingerprint density at radius 1 is 1.05 bits per heavy atom. The highest BCUT2D eigenvalue weighted by atomic mass is 19.4. The van der Waals surface area contributed by atoms with Gasteiger partial charge in [-0.3, -0.25) is 14.6 Å². The lowest BCUT2D eigenvalue weighted by Gasteiger charge is -2.27. The molecule has 0 bridgehead atoms. The molecule has 216 valence electrons. The molecule has 0 spiro atoms. The Hall–Kier alpha value is -4.59. The number of benzene rings is 1. The number of aromatic amines is 1. The van der Waals surface area contributed by atoms with E-state index in [4.69, 9.17) is 14.6 Å². The molecule has 3 aromatic rings. The summed E-state index contributed by atoms with van der Waals surface area (Å²) in [6.07, 6.45) is 0.0319. The van der Waals surface area contributed by atoms with Gasteiger partial charge in [-0.05, 0) is 42.5 Å². The lowest BCUT2D eigenvalue weighted by Crippen LogP contribution is -2.40. The largest absolute Gasteiger partial charge is 0.490 e. The lowest BCUT2D eigenvalue weighted by molar-refractivity contribution is -0.192. The summed E-state index contributed by atoms with van der Waals surface area (Å²) >= 11 is 0. The number of carbonyl (C=O) groups is 3. The molecular formula is C27H23F5N4O5. The van der Waals surface area contributed by atoms with Gasteiger partial charge in [0.25, 0.3) is 11.8 Å². The van der Waals surface area contributed by atoms with Crippen molar-refractivity contribution in [1.82, 2.24) is 20.2 Å². The molecule has 0 aliphatic carbocycles. The van der Waals surface area contributed by atoms with Gasteiger partial charge in [-0.25, -0.2) is 13.6 Å². The first-order valence-electron chi connectivity index (χ1n) is 12.2. The average Bonchev–Trinajstić information content (AvgIpc) is 3.39. The number of aromatic nitrogens is 2. The van der Waals surface area contributed by atoms with Crippen LogP contribution in [0.15, 0.2) is 36.5 Å². The quantitative estimate of drug-likeness (QED) is 0.404. The summed E-state index contributed by atoms with van der Waals surface area (Å²) in [4.78, 5) is 42.5. The molecule has 41 heavy (non-hydrogen) atoms. The number of rotatable bonds is 4. The molecular weight excluding hydrogens is 555 g/mol. The molecule has 2 aliphatic rings. The molecule has 0 unspecified atom stereocenters. The Kier molecular flexibility index (Phi) is 8.81. The molecule has 9 nitrogen and oxygen atoms in total. The van der Waals surface area contributed by atoms with Gasteiger partial charge in [0.2, 0.25) is 0 Å². The number of carboxylic acid groups (broad SMARTS) is 1. The number of carboxylic acids is 1. The number of nitrogens with one attached hydrogen (secondary N) is 2. The van der Waals surface area contributed by atoms with E-state index in [-0.39, 0.29) is 17.0 Å². The summed E-state index contributed by atoms with van der Waals surface area (Å²) in [5.41, 5.74) is 3.26. The van der Waals surface area contributed by atoms with Crippen LogP contribution in [0.1, 0.15) is 37.7 Å². The van der Waals surface area contributed by atoms with E-state index in [1.54, 1.807) is 24.4 Å². The zero-order valence-corrected chi connectivity index (χ0v) is 21.2. The number of nitrogens with zero attached hydrogens (tertiary/aromatic N) is 2. The normalized spacial score (nSPS) is 15.1. The van der Waals surface area contributed by atoms with Crippen molar-refractivity contribution in [3.63, 3.8) is 0 Å². The van der Waals surface area contributed by atoms with Gasteiger partial charge >= 0.3 is 12.1 Å². The van der Waals surface area contributed by atoms with E-state index in [0.29, 0.717) is 44.1 Å². The molecule has 1 saturated heterocycles. The zero-order chi connectivity index (χ0) is 29.7. The van der Waals surface area contributed by atoms with Crippen LogP contribution in [0.2, 0.25) is 0 Å². The van der Waals surface area contributed by atoms with E-state index in [0.717, 1.165) is 35.5 Å². The second-order valence-corrected chi connectivity index (χ2v) is 8.94. The molecule has 2 aliphatic heterocycles. The Morgan fingerprint density at radius 3 is 2.32 bits per heavy atom. The van der Waals surface area contributed by atoms with Crippen molar-refractivity contribution in [2.75, 3.05) is 32.8 Å². The number of hydrogen-bond donors (Lipinski definition) is 3. The molecule has 4 heterocycles. The average molecular weight is 578 g/mol. The maximum atomic E-state index is 14.7. The predicted octanol–water partition coefficient (Wildman–Crippen LogP) is 3.92. The monoisotopic (exact) mass is 578 g/mol. The number of hydrogen-bond acceptors (Lipinski definition) is 5. The number of halogens is 5. The number of alkyl halides is 3. The van der Waals surface area contributed by atoms with Crippen molar-refractivity contribution in [2.45, 2.75) is 12.6 Å². The third-order valence-corrected chi connectivity index (χ3v) is 6.18. The van der Waals surface area contributed by atoms with Gasteiger partial charge in [-0.1, -0.05) is 0 Å². The van der Waals surface area contributed by atoms with Gasteiger partial charge in [-0.15, -0.1) is 0 Å². The summed E-state index contributed by atoms with van der Waals surface area (Å²) in [5, 5.41) is 9.94.